The van der Waals surface area contributed by atoms with Crippen molar-refractivity contribution in [1.29, 1.82) is 0 Å². The molecule has 0 aliphatic heterocycles. The summed E-state index contributed by atoms with van der Waals surface area (Å²) in [6.07, 6.45) is 1.42. The number of rotatable bonds is 4. The molecule has 0 bridgehead atoms. The topological polar surface area (TPSA) is 82.2 Å². The fraction of sp³-hybridized carbons (Fsp3) is 0.238. The second-order valence-corrected chi connectivity index (χ2v) is 6.27. The van der Waals surface area contributed by atoms with Crippen LogP contribution in [0.1, 0.15) is 40.9 Å². The number of aliphatic hydroxyl groups excluding tert-OH is 1. The van der Waals surface area contributed by atoms with E-state index < -0.39 is 5.91 Å². The van der Waals surface area contributed by atoms with Gasteiger partial charge in [-0.15, -0.1) is 0 Å². The second-order valence-electron chi connectivity index (χ2n) is 5.83. The van der Waals surface area contributed by atoms with Crippen molar-refractivity contribution >= 4 is 28.4 Å². The van der Waals surface area contributed by atoms with Gasteiger partial charge in [0.2, 0.25) is 5.43 Å². The van der Waals surface area contributed by atoms with Gasteiger partial charge in [0, 0.05) is 23.2 Å². The normalized spacial score (nSPS) is 10.3. The van der Waals surface area contributed by atoms with E-state index >= 15 is 0 Å². The number of pyridine rings is 1. The first-order valence-corrected chi connectivity index (χ1v) is 9.16. The average molecular weight is 387 g/mol. The van der Waals surface area contributed by atoms with Crippen molar-refractivity contribution in [1.82, 2.24) is 10.3 Å². The van der Waals surface area contributed by atoms with Gasteiger partial charge in [0.1, 0.15) is 5.56 Å². The molecule has 1 aromatic heterocycles. The number of aliphatic hydroxyl groups is 1. The summed E-state index contributed by atoms with van der Waals surface area (Å²) in [6, 6.07) is 10.5. The highest BCUT2D eigenvalue weighted by molar-refractivity contribution is 6.30. The summed E-state index contributed by atoms with van der Waals surface area (Å²) in [6.45, 7) is 5.98. The highest BCUT2D eigenvalue weighted by atomic mass is 35.5. The molecule has 0 saturated carbocycles. The van der Waals surface area contributed by atoms with Crippen molar-refractivity contribution in [2.24, 2.45) is 0 Å². The third-order valence-corrected chi connectivity index (χ3v) is 4.29. The largest absolute Gasteiger partial charge is 0.392 e. The zero-order chi connectivity index (χ0) is 20.0. The molecule has 0 unspecified atom stereocenters. The quantitative estimate of drug-likeness (QED) is 0.635. The number of aromatic nitrogens is 1. The number of carbonyl (C=O) groups excluding carboxylic acids is 1. The van der Waals surface area contributed by atoms with Crippen LogP contribution in [0.5, 0.6) is 0 Å². The van der Waals surface area contributed by atoms with Crippen LogP contribution < -0.4 is 10.7 Å². The van der Waals surface area contributed by atoms with Crippen LogP contribution in [0.3, 0.4) is 0 Å². The molecule has 0 saturated heterocycles. The lowest BCUT2D eigenvalue weighted by Gasteiger charge is -2.09. The standard InChI is InChI=1S/C19H17ClN2O3.C2H6/c1-11-6-13(10-23)7-15-17(11)21-9-16(18(15)24)19(25)22-8-12-2-4-14(20)5-3-12;1-2/h2-7,9,23H,8,10H2,1H3,(H,21,24)(H,22,25);1-2H3. The van der Waals surface area contributed by atoms with Crippen LogP contribution in [-0.4, -0.2) is 16.0 Å². The van der Waals surface area contributed by atoms with Crippen molar-refractivity contribution in [3.8, 4) is 0 Å². The maximum absolute atomic E-state index is 12.7. The molecule has 27 heavy (non-hydrogen) atoms. The van der Waals surface area contributed by atoms with E-state index in [0.29, 0.717) is 28.0 Å². The van der Waals surface area contributed by atoms with Crippen LogP contribution in [0.15, 0.2) is 47.4 Å². The van der Waals surface area contributed by atoms with Crippen LogP contribution in [0.25, 0.3) is 10.9 Å². The lowest BCUT2D eigenvalue weighted by Crippen LogP contribution is -2.28. The molecule has 6 heteroatoms. The summed E-state index contributed by atoms with van der Waals surface area (Å²) in [5.41, 5.74) is 2.70. The maximum Gasteiger partial charge on any atom is 0.257 e. The Hall–Kier alpha value is -2.63. The smallest absolute Gasteiger partial charge is 0.257 e. The molecule has 0 radical (unpaired) electrons. The van der Waals surface area contributed by atoms with Gasteiger partial charge in [0.05, 0.1) is 12.1 Å². The Morgan fingerprint density at radius 1 is 1.15 bits per heavy atom. The fourth-order valence-electron chi connectivity index (χ4n) is 2.73. The lowest BCUT2D eigenvalue weighted by atomic mass is 10.0. The van der Waals surface area contributed by atoms with E-state index in [0.717, 1.165) is 11.1 Å². The highest BCUT2D eigenvalue weighted by Gasteiger charge is 2.14. The van der Waals surface area contributed by atoms with Crippen LogP contribution >= 0.6 is 11.6 Å². The van der Waals surface area contributed by atoms with Crippen LogP contribution in [0.4, 0.5) is 0 Å². The number of benzene rings is 2. The third kappa shape index (κ3) is 4.76. The Balaban J connectivity index is 0.00000126. The number of aryl methyl sites for hydroxylation is 1. The number of halogens is 1. The summed E-state index contributed by atoms with van der Waals surface area (Å²) >= 11 is 5.83. The molecule has 1 heterocycles. The average Bonchev–Trinajstić information content (AvgIpc) is 2.69. The summed E-state index contributed by atoms with van der Waals surface area (Å²) in [5.74, 6) is -0.454. The van der Waals surface area contributed by atoms with Gasteiger partial charge in [-0.25, -0.2) is 0 Å². The summed E-state index contributed by atoms with van der Waals surface area (Å²) in [5, 5.41) is 13.1. The van der Waals surface area contributed by atoms with Crippen molar-refractivity contribution in [2.75, 3.05) is 0 Å². The van der Waals surface area contributed by atoms with Gasteiger partial charge in [0.25, 0.3) is 5.91 Å². The number of hydrogen-bond acceptors (Lipinski definition) is 3. The molecule has 0 aliphatic rings. The molecule has 3 N–H and O–H groups in total. The summed E-state index contributed by atoms with van der Waals surface area (Å²) in [7, 11) is 0. The Bertz CT molecular complexity index is 995. The monoisotopic (exact) mass is 386 g/mol. The van der Waals surface area contributed by atoms with Gasteiger partial charge in [-0.1, -0.05) is 43.6 Å². The molecule has 2 aromatic carbocycles. The SMILES string of the molecule is CC.Cc1cc(CO)cc2c(=O)c(C(=O)NCc3ccc(Cl)cc3)c[nH]c12. The van der Waals surface area contributed by atoms with Crippen molar-refractivity contribution in [3.63, 3.8) is 0 Å². The number of fused-ring (bicyclic) bond motifs is 1. The number of nitrogens with one attached hydrogen (secondary N) is 2. The van der Waals surface area contributed by atoms with Crippen LogP contribution in [0.2, 0.25) is 5.02 Å². The Kier molecular flexibility index (Phi) is 7.16. The minimum absolute atomic E-state index is 0.0379. The molecule has 5 nitrogen and oxygen atoms in total. The van der Waals surface area contributed by atoms with E-state index in [9.17, 15) is 14.7 Å². The van der Waals surface area contributed by atoms with Gasteiger partial charge in [-0.05, 0) is 41.8 Å². The second kappa shape index (κ2) is 9.35. The number of aromatic amines is 1. The van der Waals surface area contributed by atoms with Crippen molar-refractivity contribution < 1.29 is 9.90 Å². The number of hydrogen-bond donors (Lipinski definition) is 3. The zero-order valence-electron chi connectivity index (χ0n) is 15.6. The minimum Gasteiger partial charge on any atom is -0.392 e. The first kappa shape index (κ1) is 20.7. The number of amides is 1. The van der Waals surface area contributed by atoms with E-state index in [2.05, 4.69) is 10.3 Å². The van der Waals surface area contributed by atoms with Gasteiger partial charge in [-0.2, -0.15) is 0 Å². The van der Waals surface area contributed by atoms with Gasteiger partial charge in [-0.3, -0.25) is 9.59 Å². The molecule has 0 aliphatic carbocycles. The van der Waals surface area contributed by atoms with Gasteiger partial charge in [0.15, 0.2) is 0 Å². The summed E-state index contributed by atoms with van der Waals surface area (Å²) in [4.78, 5) is 28.1. The molecular weight excluding hydrogens is 364 g/mol. The van der Waals surface area contributed by atoms with E-state index in [4.69, 9.17) is 11.6 Å². The third-order valence-electron chi connectivity index (χ3n) is 4.04. The van der Waals surface area contributed by atoms with E-state index in [1.165, 1.54) is 6.20 Å². The maximum atomic E-state index is 12.7. The summed E-state index contributed by atoms with van der Waals surface area (Å²) < 4.78 is 0. The first-order valence-electron chi connectivity index (χ1n) is 8.78. The van der Waals surface area contributed by atoms with Crippen LogP contribution in [-0.2, 0) is 13.2 Å². The highest BCUT2D eigenvalue weighted by Crippen LogP contribution is 2.17. The van der Waals surface area contributed by atoms with Gasteiger partial charge >= 0.3 is 0 Å². The Morgan fingerprint density at radius 2 is 1.81 bits per heavy atom. The molecule has 3 rings (SSSR count). The minimum atomic E-state index is -0.454. The predicted molar refractivity (Wildman–Crippen MR) is 109 cm³/mol. The molecular formula is C21H23ClN2O3. The fourth-order valence-corrected chi connectivity index (χ4v) is 2.85. The predicted octanol–water partition coefficient (Wildman–Crippen LogP) is 3.94. The molecule has 1 amide bonds. The molecule has 0 atom stereocenters. The van der Waals surface area contributed by atoms with Crippen molar-refractivity contribution in [2.45, 2.75) is 33.9 Å². The van der Waals surface area contributed by atoms with Gasteiger partial charge < -0.3 is 15.4 Å². The number of carbonyl (C=O) groups is 1. The Labute approximate surface area is 163 Å². The zero-order valence-corrected chi connectivity index (χ0v) is 16.4. The lowest BCUT2D eigenvalue weighted by molar-refractivity contribution is 0.0949. The number of H-pyrrole nitrogens is 1. The van der Waals surface area contributed by atoms with E-state index in [1.807, 2.05) is 32.9 Å². The molecule has 0 spiro atoms. The van der Waals surface area contributed by atoms with Crippen LogP contribution in [0, 0.1) is 6.92 Å². The van der Waals surface area contributed by atoms with E-state index in [1.54, 1.807) is 24.3 Å². The Morgan fingerprint density at radius 3 is 2.44 bits per heavy atom. The molecule has 3 aromatic rings. The van der Waals surface area contributed by atoms with E-state index in [-0.39, 0.29) is 17.6 Å². The molecule has 142 valence electrons. The van der Waals surface area contributed by atoms with Crippen molar-refractivity contribution in [3.05, 3.63) is 80.1 Å². The molecule has 0 fully saturated rings. The first-order chi connectivity index (χ1) is 13.0.